The fraction of sp³-hybridized carbons (Fsp3) is 0.400. The molecular weight excluding hydrogens is 254 g/mol. The zero-order valence-electron chi connectivity index (χ0n) is 15.1. The molecule has 0 fully saturated rings. The second-order valence-electron chi connectivity index (χ2n) is 4.43. The molecular formula is C20H33N. The van der Waals surface area contributed by atoms with Gasteiger partial charge < -0.3 is 5.73 Å². The Hall–Kier alpha value is -1.76. The van der Waals surface area contributed by atoms with Crippen LogP contribution in [0, 0.1) is 27.7 Å². The van der Waals surface area contributed by atoms with Crippen molar-refractivity contribution in [1.82, 2.24) is 0 Å². The van der Waals surface area contributed by atoms with Crippen LogP contribution in [0.3, 0.4) is 0 Å². The maximum Gasteiger partial charge on any atom is 0.0313 e. The van der Waals surface area contributed by atoms with E-state index in [1.165, 1.54) is 22.3 Å². The molecule has 0 atom stereocenters. The Morgan fingerprint density at radius 2 is 1.05 bits per heavy atom. The number of benzene rings is 2. The summed E-state index contributed by atoms with van der Waals surface area (Å²) in [7, 11) is 0. The number of anilines is 1. The molecule has 0 aliphatic carbocycles. The van der Waals surface area contributed by atoms with Crippen LogP contribution in [0.15, 0.2) is 42.5 Å². The zero-order chi connectivity index (χ0) is 16.8. The van der Waals surface area contributed by atoms with Crippen molar-refractivity contribution < 1.29 is 0 Å². The van der Waals surface area contributed by atoms with E-state index in [1.807, 2.05) is 58.0 Å². The Labute approximate surface area is 132 Å². The van der Waals surface area contributed by atoms with Crippen molar-refractivity contribution in [3.63, 3.8) is 0 Å². The first-order valence-corrected chi connectivity index (χ1v) is 7.85. The lowest BCUT2D eigenvalue weighted by Crippen LogP contribution is -1.86. The van der Waals surface area contributed by atoms with Gasteiger partial charge in [0.2, 0.25) is 0 Å². The summed E-state index contributed by atoms with van der Waals surface area (Å²) in [5, 5.41) is 0. The number of hydrogen-bond donors (Lipinski definition) is 1. The SMILES string of the molecule is CC.CC.Cc1cc(C)c(C)c(C)c1.Nc1ccccc1. The molecule has 2 rings (SSSR count). The van der Waals surface area contributed by atoms with E-state index in [0.717, 1.165) is 5.69 Å². The van der Waals surface area contributed by atoms with Crippen LogP contribution in [0.5, 0.6) is 0 Å². The predicted octanol–water partition coefficient (Wildman–Crippen LogP) is 6.24. The van der Waals surface area contributed by atoms with Gasteiger partial charge in [0.1, 0.15) is 0 Å². The van der Waals surface area contributed by atoms with Gasteiger partial charge >= 0.3 is 0 Å². The first-order chi connectivity index (χ1) is 10.0. The van der Waals surface area contributed by atoms with Gasteiger partial charge in [-0.3, -0.25) is 0 Å². The van der Waals surface area contributed by atoms with E-state index in [9.17, 15) is 0 Å². The summed E-state index contributed by atoms with van der Waals surface area (Å²) in [4.78, 5) is 0. The number of rotatable bonds is 0. The molecule has 118 valence electrons. The molecule has 1 nitrogen and oxygen atoms in total. The van der Waals surface area contributed by atoms with Crippen LogP contribution in [-0.2, 0) is 0 Å². The molecule has 0 unspecified atom stereocenters. The Balaban J connectivity index is 0. The second-order valence-corrected chi connectivity index (χ2v) is 4.43. The maximum atomic E-state index is 5.36. The lowest BCUT2D eigenvalue weighted by molar-refractivity contribution is 1.23. The van der Waals surface area contributed by atoms with Gasteiger partial charge in [-0.1, -0.05) is 63.6 Å². The summed E-state index contributed by atoms with van der Waals surface area (Å²) >= 11 is 0. The minimum atomic E-state index is 0.822. The Morgan fingerprint density at radius 3 is 1.33 bits per heavy atom. The van der Waals surface area contributed by atoms with Gasteiger partial charge in [0, 0.05) is 5.69 Å². The molecule has 0 aliphatic rings. The fourth-order valence-corrected chi connectivity index (χ4v) is 1.71. The van der Waals surface area contributed by atoms with Gasteiger partial charge in [0.05, 0.1) is 0 Å². The van der Waals surface area contributed by atoms with Crippen LogP contribution in [0.25, 0.3) is 0 Å². The molecule has 0 saturated carbocycles. The number of hydrogen-bond acceptors (Lipinski definition) is 1. The van der Waals surface area contributed by atoms with Crippen molar-refractivity contribution in [3.05, 3.63) is 64.7 Å². The van der Waals surface area contributed by atoms with Crippen LogP contribution < -0.4 is 5.73 Å². The average Bonchev–Trinajstić information content (AvgIpc) is 2.50. The highest BCUT2D eigenvalue weighted by Crippen LogP contribution is 2.13. The standard InChI is InChI=1S/C10H14.C6H7N.2C2H6/c1-7-5-8(2)10(4)9(3)6-7;7-6-4-2-1-3-5-6;2*1-2/h5-6H,1-4H3;1-5H,7H2;2*1-2H3. The van der Waals surface area contributed by atoms with Crippen molar-refractivity contribution >= 4 is 5.69 Å². The summed E-state index contributed by atoms with van der Waals surface area (Å²) in [6.07, 6.45) is 0. The Bertz CT molecular complexity index is 449. The topological polar surface area (TPSA) is 26.0 Å². The summed E-state index contributed by atoms with van der Waals surface area (Å²) in [5.41, 5.74) is 11.8. The summed E-state index contributed by atoms with van der Waals surface area (Å²) in [5.74, 6) is 0. The van der Waals surface area contributed by atoms with E-state index in [-0.39, 0.29) is 0 Å². The quantitative estimate of drug-likeness (QED) is 0.570. The van der Waals surface area contributed by atoms with Gasteiger partial charge in [0.25, 0.3) is 0 Å². The maximum absolute atomic E-state index is 5.36. The molecule has 0 spiro atoms. The van der Waals surface area contributed by atoms with Crippen molar-refractivity contribution in [2.45, 2.75) is 55.4 Å². The molecule has 2 N–H and O–H groups in total. The number of nitrogen functional groups attached to an aromatic ring is 1. The number of para-hydroxylation sites is 1. The monoisotopic (exact) mass is 287 g/mol. The third-order valence-corrected chi connectivity index (χ3v) is 2.87. The fourth-order valence-electron chi connectivity index (χ4n) is 1.71. The highest BCUT2D eigenvalue weighted by Gasteiger charge is 1.95. The molecule has 2 aromatic carbocycles. The molecule has 21 heavy (non-hydrogen) atoms. The minimum absolute atomic E-state index is 0.822. The number of nitrogens with two attached hydrogens (primary N) is 1. The lowest BCUT2D eigenvalue weighted by atomic mass is 10.0. The summed E-state index contributed by atoms with van der Waals surface area (Å²) in [6.45, 7) is 16.6. The van der Waals surface area contributed by atoms with Gasteiger partial charge in [0.15, 0.2) is 0 Å². The summed E-state index contributed by atoms with van der Waals surface area (Å²) < 4.78 is 0. The number of aryl methyl sites for hydroxylation is 3. The van der Waals surface area contributed by atoms with Crippen LogP contribution in [-0.4, -0.2) is 0 Å². The van der Waals surface area contributed by atoms with Crippen LogP contribution in [0.1, 0.15) is 49.9 Å². The molecule has 0 saturated heterocycles. The zero-order valence-corrected chi connectivity index (χ0v) is 15.1. The smallest absolute Gasteiger partial charge is 0.0313 e. The normalized spacial score (nSPS) is 8.19. The minimum Gasteiger partial charge on any atom is -0.399 e. The summed E-state index contributed by atoms with van der Waals surface area (Å²) in [6, 6.07) is 13.9. The van der Waals surface area contributed by atoms with E-state index >= 15 is 0 Å². The highest BCUT2D eigenvalue weighted by molar-refractivity contribution is 5.36. The van der Waals surface area contributed by atoms with E-state index in [4.69, 9.17) is 5.73 Å². The van der Waals surface area contributed by atoms with Crippen molar-refractivity contribution in [3.8, 4) is 0 Å². The Kier molecular flexibility index (Phi) is 13.6. The van der Waals surface area contributed by atoms with E-state index < -0.39 is 0 Å². The predicted molar refractivity (Wildman–Crippen MR) is 98.9 cm³/mol. The average molecular weight is 287 g/mol. The third kappa shape index (κ3) is 9.73. The first kappa shape index (κ1) is 21.5. The first-order valence-electron chi connectivity index (χ1n) is 7.85. The van der Waals surface area contributed by atoms with Gasteiger partial charge in [-0.25, -0.2) is 0 Å². The van der Waals surface area contributed by atoms with E-state index in [2.05, 4.69) is 39.8 Å². The Morgan fingerprint density at radius 1 is 0.667 bits per heavy atom. The molecule has 0 radical (unpaired) electrons. The third-order valence-electron chi connectivity index (χ3n) is 2.87. The lowest BCUT2D eigenvalue weighted by Gasteiger charge is -2.04. The molecule has 0 aliphatic heterocycles. The van der Waals surface area contributed by atoms with Crippen LogP contribution >= 0.6 is 0 Å². The highest BCUT2D eigenvalue weighted by atomic mass is 14.5. The molecule has 2 aromatic rings. The van der Waals surface area contributed by atoms with Gasteiger partial charge in [-0.15, -0.1) is 0 Å². The van der Waals surface area contributed by atoms with E-state index in [0.29, 0.717) is 0 Å². The van der Waals surface area contributed by atoms with Crippen molar-refractivity contribution in [2.75, 3.05) is 5.73 Å². The molecule has 0 bridgehead atoms. The second kappa shape index (κ2) is 13.2. The van der Waals surface area contributed by atoms with Gasteiger partial charge in [-0.05, 0) is 56.5 Å². The van der Waals surface area contributed by atoms with Gasteiger partial charge in [-0.2, -0.15) is 0 Å². The molecule has 0 heterocycles. The molecule has 0 aromatic heterocycles. The van der Waals surface area contributed by atoms with Crippen LogP contribution in [0.4, 0.5) is 5.69 Å². The van der Waals surface area contributed by atoms with Crippen molar-refractivity contribution in [1.29, 1.82) is 0 Å². The largest absolute Gasteiger partial charge is 0.399 e. The molecule has 0 amide bonds. The molecule has 1 heteroatoms. The van der Waals surface area contributed by atoms with Crippen LogP contribution in [0.2, 0.25) is 0 Å². The van der Waals surface area contributed by atoms with E-state index in [1.54, 1.807) is 0 Å². The van der Waals surface area contributed by atoms with Crippen molar-refractivity contribution in [2.24, 2.45) is 0 Å².